The van der Waals surface area contributed by atoms with Crippen LogP contribution in [-0.2, 0) is 20.7 Å². The van der Waals surface area contributed by atoms with Gasteiger partial charge in [-0.1, -0.05) is 42.5 Å². The molecule has 0 aliphatic heterocycles. The molecule has 0 aliphatic rings. The van der Waals surface area contributed by atoms with E-state index in [-0.39, 0.29) is 24.5 Å². The fourth-order valence-electron chi connectivity index (χ4n) is 2.07. The SMILES string of the molecule is C=CCCC(=O)NC(COC(=O)CCC=C)Cc1ccccc1. The second-order valence-corrected chi connectivity index (χ2v) is 5.29. The molecule has 4 nitrogen and oxygen atoms in total. The fraction of sp³-hybridized carbons (Fsp3) is 0.368. The van der Waals surface area contributed by atoms with Gasteiger partial charge < -0.3 is 10.1 Å². The Hall–Kier alpha value is -2.36. The number of rotatable bonds is 11. The molecule has 0 aromatic heterocycles. The molecule has 0 radical (unpaired) electrons. The van der Waals surface area contributed by atoms with E-state index >= 15 is 0 Å². The Balaban J connectivity index is 2.56. The third-order valence-corrected chi connectivity index (χ3v) is 3.26. The molecule has 0 saturated heterocycles. The van der Waals surface area contributed by atoms with E-state index in [1.54, 1.807) is 12.2 Å². The quantitative estimate of drug-likeness (QED) is 0.504. The van der Waals surface area contributed by atoms with Crippen LogP contribution >= 0.6 is 0 Å². The highest BCUT2D eigenvalue weighted by Gasteiger charge is 2.15. The van der Waals surface area contributed by atoms with E-state index < -0.39 is 0 Å². The van der Waals surface area contributed by atoms with E-state index in [1.165, 1.54) is 0 Å². The minimum Gasteiger partial charge on any atom is -0.463 e. The zero-order chi connectivity index (χ0) is 16.9. The van der Waals surface area contributed by atoms with Gasteiger partial charge in [0, 0.05) is 12.8 Å². The largest absolute Gasteiger partial charge is 0.463 e. The number of carbonyl (C=O) groups excluding carboxylic acids is 2. The lowest BCUT2D eigenvalue weighted by molar-refractivity contribution is -0.145. The summed E-state index contributed by atoms with van der Waals surface area (Å²) < 4.78 is 5.26. The van der Waals surface area contributed by atoms with Gasteiger partial charge >= 0.3 is 5.97 Å². The van der Waals surface area contributed by atoms with Crippen molar-refractivity contribution in [3.05, 3.63) is 61.2 Å². The molecular formula is C19H25NO3. The van der Waals surface area contributed by atoms with E-state index in [4.69, 9.17) is 4.74 Å². The summed E-state index contributed by atoms with van der Waals surface area (Å²) in [6.45, 7) is 7.36. The topological polar surface area (TPSA) is 55.4 Å². The molecule has 1 N–H and O–H groups in total. The van der Waals surface area contributed by atoms with Crippen molar-refractivity contribution in [2.24, 2.45) is 0 Å². The number of esters is 1. The molecule has 4 heteroatoms. The van der Waals surface area contributed by atoms with Crippen LogP contribution in [0, 0.1) is 0 Å². The maximum absolute atomic E-state index is 11.9. The van der Waals surface area contributed by atoms with E-state index in [1.807, 2.05) is 30.3 Å². The number of benzene rings is 1. The van der Waals surface area contributed by atoms with Gasteiger partial charge in [0.2, 0.25) is 5.91 Å². The van der Waals surface area contributed by atoms with Crippen LogP contribution in [0.25, 0.3) is 0 Å². The highest BCUT2D eigenvalue weighted by molar-refractivity contribution is 5.76. The van der Waals surface area contributed by atoms with Gasteiger partial charge in [-0.25, -0.2) is 0 Å². The molecule has 1 unspecified atom stereocenters. The highest BCUT2D eigenvalue weighted by atomic mass is 16.5. The van der Waals surface area contributed by atoms with Gasteiger partial charge in [0.05, 0.1) is 6.04 Å². The lowest BCUT2D eigenvalue weighted by Gasteiger charge is -2.19. The van der Waals surface area contributed by atoms with Crippen molar-refractivity contribution in [2.75, 3.05) is 6.61 Å². The number of ether oxygens (including phenoxy) is 1. The molecule has 124 valence electrons. The van der Waals surface area contributed by atoms with Crippen LogP contribution < -0.4 is 5.32 Å². The zero-order valence-corrected chi connectivity index (χ0v) is 13.5. The molecule has 0 heterocycles. The third kappa shape index (κ3) is 8.61. The number of nitrogens with one attached hydrogen (secondary N) is 1. The molecule has 1 aromatic carbocycles. The maximum atomic E-state index is 11.9. The van der Waals surface area contributed by atoms with Crippen molar-refractivity contribution in [3.8, 4) is 0 Å². The molecule has 0 spiro atoms. The second kappa shape index (κ2) is 11.2. The van der Waals surface area contributed by atoms with Crippen LogP contribution in [0.4, 0.5) is 0 Å². The lowest BCUT2D eigenvalue weighted by Crippen LogP contribution is -2.40. The Bertz CT molecular complexity index is 511. The van der Waals surface area contributed by atoms with Gasteiger partial charge in [-0.05, 0) is 24.8 Å². The van der Waals surface area contributed by atoms with Crippen LogP contribution in [0.1, 0.15) is 31.2 Å². The van der Waals surface area contributed by atoms with Crippen molar-refractivity contribution >= 4 is 11.9 Å². The van der Waals surface area contributed by atoms with E-state index in [2.05, 4.69) is 18.5 Å². The van der Waals surface area contributed by atoms with Crippen molar-refractivity contribution < 1.29 is 14.3 Å². The van der Waals surface area contributed by atoms with Gasteiger partial charge in [-0.2, -0.15) is 0 Å². The molecule has 1 atom stereocenters. The molecular weight excluding hydrogens is 290 g/mol. The smallest absolute Gasteiger partial charge is 0.306 e. The van der Waals surface area contributed by atoms with Crippen molar-refractivity contribution in [3.63, 3.8) is 0 Å². The lowest BCUT2D eigenvalue weighted by atomic mass is 10.1. The Labute approximate surface area is 138 Å². The van der Waals surface area contributed by atoms with Crippen LogP contribution in [0.5, 0.6) is 0 Å². The fourth-order valence-corrected chi connectivity index (χ4v) is 2.07. The monoisotopic (exact) mass is 315 g/mol. The van der Waals surface area contributed by atoms with Gasteiger partial charge in [0.15, 0.2) is 0 Å². The Kier molecular flexibility index (Phi) is 9.13. The third-order valence-electron chi connectivity index (χ3n) is 3.26. The average Bonchev–Trinajstić information content (AvgIpc) is 2.56. The number of allylic oxidation sites excluding steroid dienone is 2. The summed E-state index contributed by atoms with van der Waals surface area (Å²) in [5.74, 6) is -0.337. The minimum absolute atomic E-state index is 0.0621. The van der Waals surface area contributed by atoms with Crippen LogP contribution in [0.2, 0.25) is 0 Å². The second-order valence-electron chi connectivity index (χ2n) is 5.29. The Morgan fingerprint density at radius 1 is 1.09 bits per heavy atom. The maximum Gasteiger partial charge on any atom is 0.306 e. The first kappa shape index (κ1) is 18.7. The highest BCUT2D eigenvalue weighted by Crippen LogP contribution is 2.05. The molecule has 1 rings (SSSR count). The number of hydrogen-bond donors (Lipinski definition) is 1. The summed E-state index contributed by atoms with van der Waals surface area (Å²) in [7, 11) is 0. The number of carbonyl (C=O) groups is 2. The summed E-state index contributed by atoms with van der Waals surface area (Å²) in [6.07, 6.45) is 5.93. The molecule has 1 amide bonds. The Morgan fingerprint density at radius 2 is 1.74 bits per heavy atom. The summed E-state index contributed by atoms with van der Waals surface area (Å²) in [5, 5.41) is 2.93. The van der Waals surface area contributed by atoms with Gasteiger partial charge in [0.25, 0.3) is 0 Å². The summed E-state index contributed by atoms with van der Waals surface area (Å²) >= 11 is 0. The standard InChI is InChI=1S/C19H25NO3/c1-3-5-12-18(21)20-17(14-16-10-8-7-9-11-16)15-23-19(22)13-6-4-2/h3-4,7-11,17H,1-2,5-6,12-15H2,(H,20,21). The predicted molar refractivity (Wildman–Crippen MR) is 91.9 cm³/mol. The minimum atomic E-state index is -0.275. The van der Waals surface area contributed by atoms with Gasteiger partial charge in [0.1, 0.15) is 6.61 Å². The van der Waals surface area contributed by atoms with Crippen LogP contribution in [0.15, 0.2) is 55.6 Å². The first-order valence-corrected chi connectivity index (χ1v) is 7.86. The molecule has 0 bridgehead atoms. The average molecular weight is 315 g/mol. The van der Waals surface area contributed by atoms with Crippen molar-refractivity contribution in [1.29, 1.82) is 0 Å². The van der Waals surface area contributed by atoms with Crippen LogP contribution in [-0.4, -0.2) is 24.5 Å². The van der Waals surface area contributed by atoms with Gasteiger partial charge in [-0.15, -0.1) is 13.2 Å². The molecule has 0 fully saturated rings. The number of amides is 1. The summed E-state index contributed by atoms with van der Waals surface area (Å²) in [5.41, 5.74) is 1.09. The van der Waals surface area contributed by atoms with E-state index in [9.17, 15) is 9.59 Å². The predicted octanol–water partition coefficient (Wildman–Crippen LogP) is 3.19. The first-order chi connectivity index (χ1) is 11.2. The van der Waals surface area contributed by atoms with Crippen molar-refractivity contribution in [1.82, 2.24) is 5.32 Å². The van der Waals surface area contributed by atoms with Gasteiger partial charge in [-0.3, -0.25) is 9.59 Å². The zero-order valence-electron chi connectivity index (χ0n) is 13.5. The van der Waals surface area contributed by atoms with Crippen molar-refractivity contribution in [2.45, 2.75) is 38.1 Å². The van der Waals surface area contributed by atoms with E-state index in [0.29, 0.717) is 32.1 Å². The summed E-state index contributed by atoms with van der Waals surface area (Å²) in [6, 6.07) is 9.58. The van der Waals surface area contributed by atoms with Crippen LogP contribution in [0.3, 0.4) is 0 Å². The molecule has 0 saturated carbocycles. The molecule has 23 heavy (non-hydrogen) atoms. The normalized spacial score (nSPS) is 11.3. The number of hydrogen-bond acceptors (Lipinski definition) is 3. The Morgan fingerprint density at radius 3 is 2.39 bits per heavy atom. The summed E-state index contributed by atoms with van der Waals surface area (Å²) in [4.78, 5) is 23.5. The molecule has 1 aromatic rings. The van der Waals surface area contributed by atoms with E-state index in [0.717, 1.165) is 5.56 Å². The molecule has 0 aliphatic carbocycles. The first-order valence-electron chi connectivity index (χ1n) is 7.86.